The van der Waals surface area contributed by atoms with Gasteiger partial charge in [-0.25, -0.2) is 0 Å². The molecule has 2 aromatic rings. The van der Waals surface area contributed by atoms with E-state index in [0.29, 0.717) is 41.9 Å². The Morgan fingerprint density at radius 3 is 2.48 bits per heavy atom. The summed E-state index contributed by atoms with van der Waals surface area (Å²) in [6.07, 6.45) is 1.08. The predicted molar refractivity (Wildman–Crippen MR) is 103 cm³/mol. The van der Waals surface area contributed by atoms with E-state index in [4.69, 9.17) is 18.9 Å². The SMILES string of the molecule is CCCOc1ccc(NC(=O)[C@H]2COc3ccccc3O2)cc1OCCC. The Bertz CT molecular complexity index is 777. The number of benzene rings is 2. The molecule has 0 saturated carbocycles. The number of hydrogen-bond acceptors (Lipinski definition) is 5. The average molecular weight is 371 g/mol. The summed E-state index contributed by atoms with van der Waals surface area (Å²) in [5, 5.41) is 2.86. The highest BCUT2D eigenvalue weighted by molar-refractivity contribution is 5.95. The molecule has 1 amide bonds. The van der Waals surface area contributed by atoms with Crippen LogP contribution in [-0.4, -0.2) is 31.8 Å². The molecule has 27 heavy (non-hydrogen) atoms. The van der Waals surface area contributed by atoms with Crippen LogP contribution < -0.4 is 24.3 Å². The number of rotatable bonds is 8. The van der Waals surface area contributed by atoms with Crippen molar-refractivity contribution in [3.63, 3.8) is 0 Å². The first-order valence-electron chi connectivity index (χ1n) is 9.30. The zero-order valence-electron chi connectivity index (χ0n) is 15.7. The van der Waals surface area contributed by atoms with Gasteiger partial charge in [-0.2, -0.15) is 0 Å². The van der Waals surface area contributed by atoms with E-state index < -0.39 is 6.10 Å². The van der Waals surface area contributed by atoms with Gasteiger partial charge in [0.2, 0.25) is 6.10 Å². The van der Waals surface area contributed by atoms with Gasteiger partial charge in [-0.15, -0.1) is 0 Å². The van der Waals surface area contributed by atoms with Crippen LogP contribution in [0.5, 0.6) is 23.0 Å². The molecule has 144 valence electrons. The van der Waals surface area contributed by atoms with Crippen LogP contribution >= 0.6 is 0 Å². The van der Waals surface area contributed by atoms with Crippen molar-refractivity contribution in [1.82, 2.24) is 0 Å². The summed E-state index contributed by atoms with van der Waals surface area (Å²) in [6.45, 7) is 5.44. The van der Waals surface area contributed by atoms with Crippen molar-refractivity contribution in [3.05, 3.63) is 42.5 Å². The van der Waals surface area contributed by atoms with Gasteiger partial charge in [0, 0.05) is 11.8 Å². The fourth-order valence-corrected chi connectivity index (χ4v) is 2.61. The van der Waals surface area contributed by atoms with Crippen LogP contribution in [0.1, 0.15) is 26.7 Å². The standard InChI is InChI=1S/C21H25NO5/c1-3-11-24-17-10-9-15(13-19(17)25-12-4-2)22-21(23)20-14-26-16-7-5-6-8-18(16)27-20/h5-10,13,20H,3-4,11-12,14H2,1-2H3,(H,22,23)/t20-/m1/s1. The summed E-state index contributed by atoms with van der Waals surface area (Å²) < 4.78 is 22.8. The molecule has 1 heterocycles. The summed E-state index contributed by atoms with van der Waals surface area (Å²) in [4.78, 5) is 12.6. The first-order chi connectivity index (χ1) is 13.2. The quantitative estimate of drug-likeness (QED) is 0.758. The number of amides is 1. The van der Waals surface area contributed by atoms with Crippen molar-refractivity contribution in [1.29, 1.82) is 0 Å². The first-order valence-corrected chi connectivity index (χ1v) is 9.30. The van der Waals surface area contributed by atoms with E-state index in [1.54, 1.807) is 18.2 Å². The van der Waals surface area contributed by atoms with Gasteiger partial charge in [0.05, 0.1) is 13.2 Å². The van der Waals surface area contributed by atoms with E-state index in [0.717, 1.165) is 12.8 Å². The fraction of sp³-hybridized carbons (Fsp3) is 0.381. The lowest BCUT2D eigenvalue weighted by molar-refractivity contribution is -0.125. The Kier molecular flexibility index (Phi) is 6.41. The molecule has 0 spiro atoms. The topological polar surface area (TPSA) is 66.0 Å². The van der Waals surface area contributed by atoms with Crippen molar-refractivity contribution >= 4 is 11.6 Å². The highest BCUT2D eigenvalue weighted by Crippen LogP contribution is 2.33. The molecule has 6 nitrogen and oxygen atoms in total. The molecular formula is C21H25NO5. The second-order valence-electron chi connectivity index (χ2n) is 6.21. The van der Waals surface area contributed by atoms with Crippen molar-refractivity contribution < 1.29 is 23.7 Å². The molecule has 2 aromatic carbocycles. The number of para-hydroxylation sites is 2. The third-order valence-electron chi connectivity index (χ3n) is 3.94. The molecule has 0 saturated heterocycles. The zero-order valence-corrected chi connectivity index (χ0v) is 15.7. The van der Waals surface area contributed by atoms with Gasteiger partial charge < -0.3 is 24.3 Å². The average Bonchev–Trinajstić information content (AvgIpc) is 2.71. The van der Waals surface area contributed by atoms with Gasteiger partial charge in [-0.05, 0) is 37.1 Å². The van der Waals surface area contributed by atoms with E-state index in [9.17, 15) is 4.79 Å². The molecule has 1 aliphatic heterocycles. The van der Waals surface area contributed by atoms with Gasteiger partial charge in [0.15, 0.2) is 23.0 Å². The Morgan fingerprint density at radius 1 is 1.04 bits per heavy atom. The van der Waals surface area contributed by atoms with E-state index in [2.05, 4.69) is 5.32 Å². The van der Waals surface area contributed by atoms with Gasteiger partial charge in [0.25, 0.3) is 5.91 Å². The van der Waals surface area contributed by atoms with E-state index in [1.165, 1.54) is 0 Å². The van der Waals surface area contributed by atoms with Crippen LogP contribution in [0.4, 0.5) is 5.69 Å². The first kappa shape index (κ1) is 18.9. The number of carbonyl (C=O) groups is 1. The Labute approximate surface area is 159 Å². The normalized spacial score (nSPS) is 15.1. The van der Waals surface area contributed by atoms with Crippen LogP contribution in [0.25, 0.3) is 0 Å². The minimum Gasteiger partial charge on any atom is -0.490 e. The fourth-order valence-electron chi connectivity index (χ4n) is 2.61. The molecule has 0 unspecified atom stereocenters. The summed E-state index contributed by atoms with van der Waals surface area (Å²) >= 11 is 0. The maximum atomic E-state index is 12.6. The Hall–Kier alpha value is -2.89. The molecule has 0 radical (unpaired) electrons. The molecule has 0 aliphatic carbocycles. The summed E-state index contributed by atoms with van der Waals surface area (Å²) in [5.74, 6) is 2.24. The van der Waals surface area contributed by atoms with Crippen LogP contribution in [0.2, 0.25) is 0 Å². The molecule has 3 rings (SSSR count). The van der Waals surface area contributed by atoms with E-state index in [-0.39, 0.29) is 12.5 Å². The third-order valence-corrected chi connectivity index (χ3v) is 3.94. The largest absolute Gasteiger partial charge is 0.490 e. The third kappa shape index (κ3) is 4.84. The molecule has 6 heteroatoms. The second kappa shape index (κ2) is 9.16. The van der Waals surface area contributed by atoms with E-state index >= 15 is 0 Å². The van der Waals surface area contributed by atoms with Crippen molar-refractivity contribution in [2.75, 3.05) is 25.1 Å². The van der Waals surface area contributed by atoms with Gasteiger partial charge >= 0.3 is 0 Å². The van der Waals surface area contributed by atoms with Crippen LogP contribution in [-0.2, 0) is 4.79 Å². The monoisotopic (exact) mass is 371 g/mol. The van der Waals surface area contributed by atoms with Crippen LogP contribution in [0.3, 0.4) is 0 Å². The molecule has 0 bridgehead atoms. The Balaban J connectivity index is 1.68. The van der Waals surface area contributed by atoms with Gasteiger partial charge in [0.1, 0.15) is 6.61 Å². The van der Waals surface area contributed by atoms with Gasteiger partial charge in [-0.3, -0.25) is 4.79 Å². The molecule has 1 N–H and O–H groups in total. The summed E-state index contributed by atoms with van der Waals surface area (Å²) in [7, 11) is 0. The van der Waals surface area contributed by atoms with Gasteiger partial charge in [-0.1, -0.05) is 26.0 Å². The summed E-state index contributed by atoms with van der Waals surface area (Å²) in [5.41, 5.74) is 0.623. The number of nitrogens with one attached hydrogen (secondary N) is 1. The predicted octanol–water partition coefficient (Wildman–Crippen LogP) is 4.04. The number of anilines is 1. The van der Waals surface area contributed by atoms with Crippen molar-refractivity contribution in [2.24, 2.45) is 0 Å². The molecule has 0 aromatic heterocycles. The number of fused-ring (bicyclic) bond motifs is 1. The number of hydrogen-bond donors (Lipinski definition) is 1. The smallest absolute Gasteiger partial charge is 0.269 e. The maximum Gasteiger partial charge on any atom is 0.269 e. The zero-order chi connectivity index (χ0) is 19.1. The molecule has 1 aliphatic rings. The molecular weight excluding hydrogens is 346 g/mol. The Morgan fingerprint density at radius 2 is 1.74 bits per heavy atom. The lowest BCUT2D eigenvalue weighted by Gasteiger charge is -2.25. The van der Waals surface area contributed by atoms with E-state index in [1.807, 2.05) is 38.1 Å². The second-order valence-corrected chi connectivity index (χ2v) is 6.21. The van der Waals surface area contributed by atoms with Crippen molar-refractivity contribution in [2.45, 2.75) is 32.8 Å². The molecule has 0 fully saturated rings. The van der Waals surface area contributed by atoms with Crippen LogP contribution in [0.15, 0.2) is 42.5 Å². The molecule has 1 atom stereocenters. The van der Waals surface area contributed by atoms with Crippen molar-refractivity contribution in [3.8, 4) is 23.0 Å². The number of carbonyl (C=O) groups excluding carboxylic acids is 1. The highest BCUT2D eigenvalue weighted by Gasteiger charge is 2.27. The summed E-state index contributed by atoms with van der Waals surface area (Å²) in [6, 6.07) is 12.7. The highest BCUT2D eigenvalue weighted by atomic mass is 16.6. The van der Waals surface area contributed by atoms with Crippen LogP contribution in [0, 0.1) is 0 Å². The maximum absolute atomic E-state index is 12.6. The number of ether oxygens (including phenoxy) is 4. The minimum absolute atomic E-state index is 0.166. The lowest BCUT2D eigenvalue weighted by atomic mass is 10.2. The lowest BCUT2D eigenvalue weighted by Crippen LogP contribution is -2.40. The minimum atomic E-state index is -0.712.